The fraction of sp³-hybridized carbons (Fsp3) is 0.222. The Morgan fingerprint density at radius 1 is 1.54 bits per heavy atom. The van der Waals surface area contributed by atoms with Crippen LogP contribution in [0.1, 0.15) is 12.0 Å². The quantitative estimate of drug-likeness (QED) is 0.570. The van der Waals surface area contributed by atoms with Crippen molar-refractivity contribution in [3.63, 3.8) is 0 Å². The fourth-order valence-corrected chi connectivity index (χ4v) is 2.28. The number of hydrogen-bond acceptors (Lipinski definition) is 3. The highest BCUT2D eigenvalue weighted by atomic mass is 79.9. The Balaban J connectivity index is 2.48. The van der Waals surface area contributed by atoms with Crippen LogP contribution < -0.4 is 4.72 Å². The largest absolute Gasteiger partial charge is 0.314 e. The van der Waals surface area contributed by atoms with Gasteiger partial charge < -0.3 is 4.72 Å². The van der Waals surface area contributed by atoms with E-state index in [-0.39, 0.29) is 0 Å². The summed E-state index contributed by atoms with van der Waals surface area (Å²) < 4.78 is 4.07. The van der Waals surface area contributed by atoms with Crippen LogP contribution in [-0.2, 0) is 0 Å². The molecule has 1 aromatic rings. The first-order valence-electron chi connectivity index (χ1n) is 4.00. The maximum Gasteiger partial charge on any atom is 0.144 e. The second-order valence-electron chi connectivity index (χ2n) is 2.83. The summed E-state index contributed by atoms with van der Waals surface area (Å²) >= 11 is 5.02. The van der Waals surface area contributed by atoms with Crippen LogP contribution in [0.2, 0.25) is 0 Å². The van der Waals surface area contributed by atoms with Crippen molar-refractivity contribution in [2.75, 3.05) is 10.5 Å². The molecule has 0 atom stereocenters. The molecule has 0 bridgehead atoms. The molecule has 1 aromatic heterocycles. The zero-order chi connectivity index (χ0) is 9.26. The van der Waals surface area contributed by atoms with Crippen molar-refractivity contribution in [1.29, 1.82) is 0 Å². The SMILES string of the molecule is C=C1CCSNc2nc(Br)ccc21. The lowest BCUT2D eigenvalue weighted by Crippen LogP contribution is -1.92. The smallest absolute Gasteiger partial charge is 0.144 e. The summed E-state index contributed by atoms with van der Waals surface area (Å²) in [5.74, 6) is 1.97. The molecule has 1 aliphatic rings. The first-order chi connectivity index (χ1) is 6.27. The minimum Gasteiger partial charge on any atom is -0.314 e. The highest BCUT2D eigenvalue weighted by molar-refractivity contribution is 9.10. The molecule has 0 unspecified atom stereocenters. The maximum atomic E-state index is 4.35. The second kappa shape index (κ2) is 3.72. The molecule has 0 saturated carbocycles. The van der Waals surface area contributed by atoms with Crippen LogP contribution in [0.3, 0.4) is 0 Å². The number of fused-ring (bicyclic) bond motifs is 1. The zero-order valence-corrected chi connectivity index (χ0v) is 9.41. The van der Waals surface area contributed by atoms with Gasteiger partial charge in [-0.2, -0.15) is 0 Å². The molecule has 1 N–H and O–H groups in total. The molecule has 2 heterocycles. The maximum absolute atomic E-state index is 4.35. The molecule has 2 nitrogen and oxygen atoms in total. The summed E-state index contributed by atoms with van der Waals surface area (Å²) in [7, 11) is 0. The van der Waals surface area contributed by atoms with Gasteiger partial charge in [-0.1, -0.05) is 18.5 Å². The predicted molar refractivity (Wildman–Crippen MR) is 61.7 cm³/mol. The van der Waals surface area contributed by atoms with Crippen LogP contribution in [0.15, 0.2) is 23.3 Å². The summed E-state index contributed by atoms with van der Waals surface area (Å²) in [4.78, 5) is 4.35. The van der Waals surface area contributed by atoms with Gasteiger partial charge in [0, 0.05) is 11.3 Å². The van der Waals surface area contributed by atoms with Crippen molar-refractivity contribution in [2.45, 2.75) is 6.42 Å². The molecule has 0 spiro atoms. The van der Waals surface area contributed by atoms with Crippen LogP contribution in [0.4, 0.5) is 5.82 Å². The molecule has 0 aliphatic carbocycles. The number of nitrogens with one attached hydrogen (secondary N) is 1. The Hall–Kier alpha value is -0.480. The number of nitrogens with zero attached hydrogens (tertiary/aromatic N) is 1. The van der Waals surface area contributed by atoms with Gasteiger partial charge in [0.15, 0.2) is 0 Å². The normalized spacial score (nSPS) is 15.9. The van der Waals surface area contributed by atoms with E-state index in [1.165, 1.54) is 0 Å². The molecule has 2 rings (SSSR count). The van der Waals surface area contributed by atoms with Crippen LogP contribution >= 0.6 is 27.9 Å². The molecule has 68 valence electrons. The summed E-state index contributed by atoms with van der Waals surface area (Å²) in [6.07, 6.45) is 1.02. The van der Waals surface area contributed by atoms with Gasteiger partial charge in [0.2, 0.25) is 0 Å². The first-order valence-corrected chi connectivity index (χ1v) is 5.78. The van der Waals surface area contributed by atoms with Crippen LogP contribution in [0, 0.1) is 0 Å². The van der Waals surface area contributed by atoms with Gasteiger partial charge in [-0.25, -0.2) is 4.98 Å². The van der Waals surface area contributed by atoms with Crippen molar-refractivity contribution < 1.29 is 0 Å². The van der Waals surface area contributed by atoms with Crippen LogP contribution in [-0.4, -0.2) is 10.7 Å². The number of anilines is 1. The van der Waals surface area contributed by atoms with Gasteiger partial charge in [-0.05, 0) is 40.1 Å². The van der Waals surface area contributed by atoms with E-state index in [4.69, 9.17) is 0 Å². The molecule has 0 fully saturated rings. The molecule has 0 aromatic carbocycles. The van der Waals surface area contributed by atoms with Gasteiger partial charge >= 0.3 is 0 Å². The highest BCUT2D eigenvalue weighted by Crippen LogP contribution is 2.31. The van der Waals surface area contributed by atoms with E-state index in [0.717, 1.165) is 33.7 Å². The third-order valence-corrected chi connectivity index (χ3v) is 3.10. The Morgan fingerprint density at radius 3 is 3.23 bits per heavy atom. The number of aromatic nitrogens is 1. The number of halogens is 1. The van der Waals surface area contributed by atoms with Crippen molar-refractivity contribution in [3.05, 3.63) is 28.9 Å². The summed E-state index contributed by atoms with van der Waals surface area (Å²) in [5, 5.41) is 0. The third-order valence-electron chi connectivity index (χ3n) is 1.92. The van der Waals surface area contributed by atoms with E-state index in [1.807, 2.05) is 12.1 Å². The van der Waals surface area contributed by atoms with Crippen molar-refractivity contribution >= 4 is 39.3 Å². The highest BCUT2D eigenvalue weighted by Gasteiger charge is 2.11. The molecule has 4 heteroatoms. The monoisotopic (exact) mass is 256 g/mol. The summed E-state index contributed by atoms with van der Waals surface area (Å²) in [6, 6.07) is 4.00. The van der Waals surface area contributed by atoms with Gasteiger partial charge in [0.05, 0.1) is 0 Å². The number of rotatable bonds is 0. The van der Waals surface area contributed by atoms with E-state index < -0.39 is 0 Å². The van der Waals surface area contributed by atoms with Gasteiger partial charge in [0.25, 0.3) is 0 Å². The Labute approximate surface area is 90.1 Å². The fourth-order valence-electron chi connectivity index (χ4n) is 1.23. The molecule has 0 amide bonds. The van der Waals surface area contributed by atoms with E-state index in [2.05, 4.69) is 32.2 Å². The van der Waals surface area contributed by atoms with E-state index in [1.54, 1.807) is 11.9 Å². The number of allylic oxidation sites excluding steroid dienone is 1. The Kier molecular flexibility index (Phi) is 2.60. The average Bonchev–Trinajstić information content (AvgIpc) is 2.28. The first kappa shape index (κ1) is 9.09. The zero-order valence-electron chi connectivity index (χ0n) is 7.01. The minimum absolute atomic E-state index is 0.856. The van der Waals surface area contributed by atoms with Gasteiger partial charge in [-0.15, -0.1) is 0 Å². The van der Waals surface area contributed by atoms with Gasteiger partial charge in [-0.3, -0.25) is 0 Å². The Bertz CT molecular complexity index is 351. The standard InChI is InChI=1S/C9H9BrN2S/c1-6-4-5-13-12-9-7(6)2-3-8(10)11-9/h2-3H,1,4-5H2,(H,11,12). The third kappa shape index (κ3) is 1.89. The second-order valence-corrected chi connectivity index (χ2v) is 4.55. The minimum atomic E-state index is 0.856. The Morgan fingerprint density at radius 2 is 2.38 bits per heavy atom. The van der Waals surface area contributed by atoms with Crippen molar-refractivity contribution in [1.82, 2.24) is 4.98 Å². The van der Waals surface area contributed by atoms with Crippen LogP contribution in [0.5, 0.6) is 0 Å². The van der Waals surface area contributed by atoms with Crippen molar-refractivity contribution in [2.24, 2.45) is 0 Å². The number of hydrogen-bond donors (Lipinski definition) is 1. The van der Waals surface area contributed by atoms with E-state index in [0.29, 0.717) is 0 Å². The van der Waals surface area contributed by atoms with E-state index in [9.17, 15) is 0 Å². The lowest BCUT2D eigenvalue weighted by atomic mass is 10.1. The lowest BCUT2D eigenvalue weighted by Gasteiger charge is -2.06. The lowest BCUT2D eigenvalue weighted by molar-refractivity contribution is 1.24. The van der Waals surface area contributed by atoms with Crippen LogP contribution in [0.25, 0.3) is 5.57 Å². The molecular formula is C9H9BrN2S. The predicted octanol–water partition coefficient (Wildman–Crippen LogP) is 3.32. The number of pyridine rings is 1. The topological polar surface area (TPSA) is 24.9 Å². The molecular weight excluding hydrogens is 248 g/mol. The molecule has 1 aliphatic heterocycles. The average molecular weight is 257 g/mol. The van der Waals surface area contributed by atoms with Gasteiger partial charge in [0.1, 0.15) is 10.4 Å². The molecule has 13 heavy (non-hydrogen) atoms. The molecule has 0 radical (unpaired) electrons. The summed E-state index contributed by atoms with van der Waals surface area (Å²) in [6.45, 7) is 4.04. The summed E-state index contributed by atoms with van der Waals surface area (Å²) in [5.41, 5.74) is 2.29. The molecule has 0 saturated heterocycles. The van der Waals surface area contributed by atoms with Crippen molar-refractivity contribution in [3.8, 4) is 0 Å². The van der Waals surface area contributed by atoms with E-state index >= 15 is 0 Å².